The number of urea groups is 1. The van der Waals surface area contributed by atoms with E-state index in [1.54, 1.807) is 6.92 Å². The number of hydrazine groups is 1. The Hall–Kier alpha value is -2.16. The third-order valence-electron chi connectivity index (χ3n) is 2.96. The Bertz CT molecular complexity index is 792. The number of hydrogen-bond donors (Lipinski definition) is 2. The quantitative estimate of drug-likeness (QED) is 0.784. The van der Waals surface area contributed by atoms with E-state index >= 15 is 0 Å². The van der Waals surface area contributed by atoms with Crippen molar-refractivity contribution in [3.63, 3.8) is 0 Å². The molecule has 0 saturated heterocycles. The van der Waals surface area contributed by atoms with Crippen molar-refractivity contribution in [2.75, 3.05) is 12.8 Å². The maximum absolute atomic E-state index is 11.8. The summed E-state index contributed by atoms with van der Waals surface area (Å²) in [5.41, 5.74) is 3.55. The zero-order valence-electron chi connectivity index (χ0n) is 12.9. The first-order valence-electron chi connectivity index (χ1n) is 7.08. The first-order valence-corrected chi connectivity index (χ1v) is 8.89. The highest BCUT2D eigenvalue weighted by Gasteiger charge is 2.18. The van der Waals surface area contributed by atoms with Crippen molar-refractivity contribution in [1.82, 2.24) is 15.9 Å². The molecule has 0 spiro atoms. The number of carbonyl (C=O) groups is 1. The topological polar surface area (TPSA) is 87.7 Å². The fourth-order valence-corrected chi connectivity index (χ4v) is 2.39. The molecule has 8 heteroatoms. The molecule has 2 aromatic rings. The number of hydroxylamine groups is 1. The summed E-state index contributed by atoms with van der Waals surface area (Å²) in [7, 11) is -3.82. The lowest BCUT2D eigenvalue weighted by Gasteiger charge is -2.20. The van der Waals surface area contributed by atoms with Crippen LogP contribution < -0.4 is 10.7 Å². The standard InChI is InChI=1S/C15H19N3O4S/c1-3-16-15(19)18(22-23(2,20)21)17-11-12-8-9-13-6-4-5-7-14(13)10-12/h4-10,17H,3,11H2,1-2H3,(H,16,19). The summed E-state index contributed by atoms with van der Waals surface area (Å²) in [4.78, 5) is 11.8. The van der Waals surface area contributed by atoms with Gasteiger partial charge in [0.25, 0.3) is 10.1 Å². The van der Waals surface area contributed by atoms with Gasteiger partial charge in [0, 0.05) is 13.1 Å². The summed E-state index contributed by atoms with van der Waals surface area (Å²) in [5, 5.41) is 5.22. The highest BCUT2D eigenvalue weighted by atomic mass is 32.2. The van der Waals surface area contributed by atoms with Crippen LogP contribution >= 0.6 is 0 Å². The second kappa shape index (κ2) is 7.40. The van der Waals surface area contributed by atoms with E-state index in [-0.39, 0.29) is 6.54 Å². The molecule has 23 heavy (non-hydrogen) atoms. The van der Waals surface area contributed by atoms with Crippen LogP contribution in [0.1, 0.15) is 12.5 Å². The van der Waals surface area contributed by atoms with Gasteiger partial charge < -0.3 is 5.32 Å². The van der Waals surface area contributed by atoms with E-state index in [0.29, 0.717) is 11.7 Å². The van der Waals surface area contributed by atoms with E-state index in [9.17, 15) is 13.2 Å². The lowest BCUT2D eigenvalue weighted by Crippen LogP contribution is -2.48. The van der Waals surface area contributed by atoms with Crippen LogP contribution in [0.3, 0.4) is 0 Å². The summed E-state index contributed by atoms with van der Waals surface area (Å²) in [6.07, 6.45) is 0.872. The van der Waals surface area contributed by atoms with E-state index < -0.39 is 16.1 Å². The number of fused-ring (bicyclic) bond motifs is 1. The van der Waals surface area contributed by atoms with Gasteiger partial charge in [0.2, 0.25) is 0 Å². The van der Waals surface area contributed by atoms with Crippen molar-refractivity contribution in [1.29, 1.82) is 0 Å². The molecular formula is C15H19N3O4S. The molecule has 0 unspecified atom stereocenters. The molecule has 0 fully saturated rings. The molecule has 0 aliphatic carbocycles. The fourth-order valence-electron chi connectivity index (χ4n) is 2.00. The average Bonchev–Trinajstić information content (AvgIpc) is 2.50. The molecule has 0 atom stereocenters. The van der Waals surface area contributed by atoms with E-state index in [1.165, 1.54) is 0 Å². The molecule has 2 aromatic carbocycles. The van der Waals surface area contributed by atoms with Crippen LogP contribution in [-0.2, 0) is 20.9 Å². The van der Waals surface area contributed by atoms with Crippen molar-refractivity contribution < 1.29 is 17.5 Å². The highest BCUT2D eigenvalue weighted by Crippen LogP contribution is 2.15. The molecule has 0 radical (unpaired) electrons. The molecule has 0 aliphatic heterocycles. The number of nitrogens with one attached hydrogen (secondary N) is 2. The lowest BCUT2D eigenvalue weighted by atomic mass is 10.1. The largest absolute Gasteiger partial charge is 0.357 e. The number of nitrogens with zero attached hydrogens (tertiary/aromatic N) is 1. The molecule has 7 nitrogen and oxygen atoms in total. The Morgan fingerprint density at radius 1 is 1.17 bits per heavy atom. The molecule has 0 aromatic heterocycles. The zero-order valence-corrected chi connectivity index (χ0v) is 13.8. The number of hydrogen-bond acceptors (Lipinski definition) is 5. The highest BCUT2D eigenvalue weighted by molar-refractivity contribution is 7.85. The molecule has 124 valence electrons. The van der Waals surface area contributed by atoms with E-state index in [2.05, 4.69) is 15.0 Å². The van der Waals surface area contributed by atoms with Crippen molar-refractivity contribution >= 4 is 26.9 Å². The molecular weight excluding hydrogens is 318 g/mol. The molecule has 0 heterocycles. The lowest BCUT2D eigenvalue weighted by molar-refractivity contribution is -0.0526. The van der Waals surface area contributed by atoms with Crippen LogP contribution in [0.15, 0.2) is 42.5 Å². The number of benzene rings is 2. The predicted molar refractivity (Wildman–Crippen MR) is 87.6 cm³/mol. The van der Waals surface area contributed by atoms with Crippen LogP contribution in [0, 0.1) is 0 Å². The van der Waals surface area contributed by atoms with Gasteiger partial charge in [-0.15, -0.1) is 9.46 Å². The smallest absolute Gasteiger partial charge is 0.335 e. The summed E-state index contributed by atoms with van der Waals surface area (Å²) >= 11 is 0. The zero-order chi connectivity index (χ0) is 16.9. The van der Waals surface area contributed by atoms with E-state index in [1.807, 2.05) is 42.5 Å². The van der Waals surface area contributed by atoms with Crippen LogP contribution in [-0.4, -0.2) is 32.4 Å². The van der Waals surface area contributed by atoms with Crippen molar-refractivity contribution in [2.45, 2.75) is 13.5 Å². The predicted octanol–water partition coefficient (Wildman–Crippen LogP) is 1.77. The van der Waals surface area contributed by atoms with Crippen molar-refractivity contribution in [3.8, 4) is 0 Å². The van der Waals surface area contributed by atoms with Gasteiger partial charge in [-0.25, -0.2) is 4.79 Å². The Morgan fingerprint density at radius 3 is 2.52 bits per heavy atom. The molecule has 0 aliphatic rings. The van der Waals surface area contributed by atoms with Gasteiger partial charge in [-0.2, -0.15) is 13.8 Å². The first kappa shape index (κ1) is 17.2. The molecule has 2 N–H and O–H groups in total. The van der Waals surface area contributed by atoms with Crippen LogP contribution in [0.25, 0.3) is 10.8 Å². The SMILES string of the molecule is CCNC(=O)N(NCc1ccc2ccccc2c1)OS(C)(=O)=O. The molecule has 0 saturated carbocycles. The third-order valence-corrected chi connectivity index (χ3v) is 3.38. The summed E-state index contributed by atoms with van der Waals surface area (Å²) < 4.78 is 27.1. The fraction of sp³-hybridized carbons (Fsp3) is 0.267. The summed E-state index contributed by atoms with van der Waals surface area (Å²) in [5.74, 6) is 0. The van der Waals surface area contributed by atoms with Gasteiger partial charge in [-0.1, -0.05) is 36.4 Å². The summed E-state index contributed by atoms with van der Waals surface area (Å²) in [6, 6.07) is 13.0. The van der Waals surface area contributed by atoms with Gasteiger partial charge in [-0.05, 0) is 29.3 Å². The molecule has 0 bridgehead atoms. The minimum atomic E-state index is -3.82. The Kier molecular flexibility index (Phi) is 5.54. The second-order valence-corrected chi connectivity index (χ2v) is 6.48. The Balaban J connectivity index is 2.10. The van der Waals surface area contributed by atoms with Crippen molar-refractivity contribution in [2.24, 2.45) is 0 Å². The first-order chi connectivity index (χ1) is 10.9. The summed E-state index contributed by atoms with van der Waals surface area (Å²) in [6.45, 7) is 2.30. The monoisotopic (exact) mass is 337 g/mol. The number of rotatable bonds is 6. The molecule has 2 amide bonds. The van der Waals surface area contributed by atoms with Gasteiger partial charge in [0.15, 0.2) is 0 Å². The van der Waals surface area contributed by atoms with Crippen LogP contribution in [0.2, 0.25) is 0 Å². The maximum atomic E-state index is 11.8. The minimum absolute atomic E-state index is 0.234. The van der Waals surface area contributed by atoms with Gasteiger partial charge in [0.1, 0.15) is 0 Å². The Morgan fingerprint density at radius 2 is 1.87 bits per heavy atom. The molecule has 2 rings (SSSR count). The number of carbonyl (C=O) groups excluding carboxylic acids is 1. The van der Waals surface area contributed by atoms with Crippen LogP contribution in [0.4, 0.5) is 4.79 Å². The van der Waals surface area contributed by atoms with Gasteiger partial charge in [0.05, 0.1) is 6.26 Å². The van der Waals surface area contributed by atoms with Crippen molar-refractivity contribution in [3.05, 3.63) is 48.0 Å². The van der Waals surface area contributed by atoms with E-state index in [4.69, 9.17) is 0 Å². The second-order valence-electron chi connectivity index (χ2n) is 4.92. The van der Waals surface area contributed by atoms with E-state index in [0.717, 1.165) is 22.6 Å². The minimum Gasteiger partial charge on any atom is -0.335 e. The van der Waals surface area contributed by atoms with Crippen LogP contribution in [0.5, 0.6) is 0 Å². The third kappa shape index (κ3) is 5.20. The normalized spacial score (nSPS) is 11.4. The van der Waals surface area contributed by atoms with Gasteiger partial charge in [-0.3, -0.25) is 0 Å². The Labute approximate surface area is 135 Å². The average molecular weight is 337 g/mol. The maximum Gasteiger partial charge on any atom is 0.357 e. The number of amides is 2. The van der Waals surface area contributed by atoms with Gasteiger partial charge >= 0.3 is 6.03 Å².